The predicted octanol–water partition coefficient (Wildman–Crippen LogP) is -1.07. The van der Waals surface area contributed by atoms with Gasteiger partial charge in [-0.2, -0.15) is 0 Å². The van der Waals surface area contributed by atoms with E-state index in [0.717, 1.165) is 0 Å². The van der Waals surface area contributed by atoms with Crippen LogP contribution in [-0.2, 0) is 0 Å². The molecule has 0 fully saturated rings. The molecule has 2 nitrogen and oxygen atoms in total. The summed E-state index contributed by atoms with van der Waals surface area (Å²) in [5.41, 5.74) is 4.06. The Balaban J connectivity index is -0.000000180. The summed E-state index contributed by atoms with van der Waals surface area (Å²) in [6, 6.07) is 0. The Morgan fingerprint density at radius 3 is 2.00 bits per heavy atom. The second-order valence-electron chi connectivity index (χ2n) is 1.85. The topological polar surface area (TPSA) is 46.2 Å². The van der Waals surface area contributed by atoms with Crippen LogP contribution in [0.2, 0.25) is 0 Å². The normalized spacial score (nSPS) is 14.1. The van der Waals surface area contributed by atoms with E-state index in [1.165, 1.54) is 6.92 Å². The number of nitrogens with two attached hydrogens (primary N) is 1. The van der Waals surface area contributed by atoms with Crippen molar-refractivity contribution in [3.05, 3.63) is 12.7 Å². The molecule has 0 saturated carbocycles. The summed E-state index contributed by atoms with van der Waals surface area (Å²) in [4.78, 5) is 0. The van der Waals surface area contributed by atoms with Crippen LogP contribution in [0.4, 0.5) is 0 Å². The molecule has 9 heavy (non-hydrogen) atoms. The van der Waals surface area contributed by atoms with Gasteiger partial charge in [-0.15, -0.1) is 6.58 Å². The van der Waals surface area contributed by atoms with Crippen LogP contribution in [0.5, 0.6) is 0 Å². The summed E-state index contributed by atoms with van der Waals surface area (Å²) < 4.78 is 0. The van der Waals surface area contributed by atoms with Crippen molar-refractivity contribution in [2.45, 2.75) is 19.1 Å². The maximum atomic E-state index is 8.72. The molecule has 0 heterocycles. The summed E-state index contributed by atoms with van der Waals surface area (Å²) in [6.45, 7) is 4.94. The Morgan fingerprint density at radius 1 is 1.67 bits per heavy atom. The molecule has 0 aliphatic carbocycles. The summed E-state index contributed by atoms with van der Waals surface area (Å²) in [5, 5.41) is 8.72. The third-order valence-electron chi connectivity index (χ3n) is 0.558. The monoisotopic (exact) mass is 149 g/mol. The minimum absolute atomic E-state index is 0. The van der Waals surface area contributed by atoms with E-state index in [9.17, 15) is 0 Å². The van der Waals surface area contributed by atoms with Gasteiger partial charge < -0.3 is 10.8 Å². The molecule has 0 amide bonds. The van der Waals surface area contributed by atoms with E-state index in [4.69, 9.17) is 10.8 Å². The van der Waals surface area contributed by atoms with E-state index in [1.54, 1.807) is 6.08 Å². The van der Waals surface area contributed by atoms with Crippen LogP contribution in [0, 0.1) is 0 Å². The predicted molar refractivity (Wildman–Crippen MR) is 43.9 cm³/mol. The van der Waals surface area contributed by atoms with Crippen LogP contribution in [0.15, 0.2) is 12.7 Å². The van der Waals surface area contributed by atoms with Gasteiger partial charge in [0.05, 0.1) is 0 Å². The number of hydrogen-bond acceptors (Lipinski definition) is 2. The van der Waals surface area contributed by atoms with Crippen LogP contribution in [-0.4, -0.2) is 69.9 Å². The molecule has 46 valence electrons. The first-order valence-electron chi connectivity index (χ1n) is 2.18. The van der Waals surface area contributed by atoms with Gasteiger partial charge in [0, 0.05) is 6.42 Å². The van der Waals surface area contributed by atoms with Gasteiger partial charge >= 0.3 is 59.1 Å². The molecule has 0 aromatic rings. The molecule has 0 saturated heterocycles. The first-order valence-corrected chi connectivity index (χ1v) is 2.18. The molecule has 0 radical (unpaired) electrons. The zero-order valence-electron chi connectivity index (χ0n) is 4.52. The molecular formula is C5H13NNa2O. The Kier molecular flexibility index (Phi) is 14.6. The molecule has 0 aliphatic heterocycles. The van der Waals surface area contributed by atoms with Crippen LogP contribution in [0.3, 0.4) is 0 Å². The molecule has 0 spiro atoms. The van der Waals surface area contributed by atoms with Crippen LogP contribution < -0.4 is 5.73 Å². The van der Waals surface area contributed by atoms with Gasteiger partial charge in [-0.3, -0.25) is 0 Å². The van der Waals surface area contributed by atoms with Gasteiger partial charge in [0.15, 0.2) is 0 Å². The zero-order chi connectivity index (χ0) is 5.91. The second-order valence-corrected chi connectivity index (χ2v) is 1.85. The third kappa shape index (κ3) is 17.7. The minimum atomic E-state index is -1.07. The van der Waals surface area contributed by atoms with Gasteiger partial charge in [0.1, 0.15) is 5.72 Å². The van der Waals surface area contributed by atoms with Crippen molar-refractivity contribution in [2.75, 3.05) is 0 Å². The molecule has 0 bridgehead atoms. The molecule has 1 atom stereocenters. The zero-order valence-corrected chi connectivity index (χ0v) is 4.52. The van der Waals surface area contributed by atoms with Crippen LogP contribution in [0.1, 0.15) is 13.3 Å². The average Bonchev–Trinajstić information content (AvgIpc) is 1.30. The van der Waals surface area contributed by atoms with Crippen molar-refractivity contribution >= 4 is 59.1 Å². The number of aliphatic hydroxyl groups is 1. The SMILES string of the molecule is C=CCC(C)(N)O.[NaH].[NaH]. The molecule has 1 unspecified atom stereocenters. The van der Waals surface area contributed by atoms with E-state index in [1.807, 2.05) is 0 Å². The van der Waals surface area contributed by atoms with E-state index in [-0.39, 0.29) is 59.1 Å². The van der Waals surface area contributed by atoms with Crippen molar-refractivity contribution in [1.29, 1.82) is 0 Å². The van der Waals surface area contributed by atoms with E-state index < -0.39 is 5.72 Å². The Morgan fingerprint density at radius 2 is 2.00 bits per heavy atom. The maximum absolute atomic E-state index is 8.72. The average molecular weight is 149 g/mol. The molecule has 0 aliphatic rings. The molecule has 0 rings (SSSR count). The second kappa shape index (κ2) is 7.76. The Bertz CT molecular complexity index is 69.8. The summed E-state index contributed by atoms with van der Waals surface area (Å²) in [7, 11) is 0. The van der Waals surface area contributed by atoms with Gasteiger partial charge in [-0.05, 0) is 6.92 Å². The van der Waals surface area contributed by atoms with Crippen molar-refractivity contribution in [3.63, 3.8) is 0 Å². The van der Waals surface area contributed by atoms with Crippen LogP contribution >= 0.6 is 0 Å². The van der Waals surface area contributed by atoms with E-state index in [2.05, 4.69) is 6.58 Å². The fourth-order valence-electron chi connectivity index (χ4n) is 0.292. The van der Waals surface area contributed by atoms with Crippen molar-refractivity contribution in [1.82, 2.24) is 0 Å². The van der Waals surface area contributed by atoms with E-state index >= 15 is 0 Å². The molecule has 0 aromatic heterocycles. The first-order chi connectivity index (χ1) is 3.06. The first kappa shape index (κ1) is 17.0. The standard InChI is InChI=1S/C5H11NO.2Na.2H/c1-3-4-5(2,6)7;;;;/h3,7H,1,4,6H2,2H3;;;;. The molecule has 3 N–H and O–H groups in total. The Labute approximate surface area is 100 Å². The van der Waals surface area contributed by atoms with Crippen molar-refractivity contribution < 1.29 is 5.11 Å². The fourth-order valence-corrected chi connectivity index (χ4v) is 0.292. The van der Waals surface area contributed by atoms with Crippen molar-refractivity contribution in [3.8, 4) is 0 Å². The fraction of sp³-hybridized carbons (Fsp3) is 0.600. The molecule has 0 aromatic carbocycles. The van der Waals surface area contributed by atoms with Crippen molar-refractivity contribution in [2.24, 2.45) is 5.73 Å². The Hall–Kier alpha value is 1.66. The number of rotatable bonds is 2. The summed E-state index contributed by atoms with van der Waals surface area (Å²) in [5.74, 6) is 0. The van der Waals surface area contributed by atoms with Gasteiger partial charge in [0.2, 0.25) is 0 Å². The molecular weight excluding hydrogens is 136 g/mol. The summed E-state index contributed by atoms with van der Waals surface area (Å²) in [6.07, 6.45) is 2.02. The van der Waals surface area contributed by atoms with Gasteiger partial charge in [0.25, 0.3) is 0 Å². The third-order valence-corrected chi connectivity index (χ3v) is 0.558. The van der Waals surface area contributed by atoms with Gasteiger partial charge in [-0.1, -0.05) is 6.08 Å². The van der Waals surface area contributed by atoms with E-state index in [0.29, 0.717) is 6.42 Å². The van der Waals surface area contributed by atoms with Gasteiger partial charge in [-0.25, -0.2) is 0 Å². The quantitative estimate of drug-likeness (QED) is 0.298. The molecule has 4 heteroatoms. The number of hydrogen-bond donors (Lipinski definition) is 2. The summed E-state index contributed by atoms with van der Waals surface area (Å²) >= 11 is 0. The van der Waals surface area contributed by atoms with Crippen LogP contribution in [0.25, 0.3) is 0 Å².